The van der Waals surface area contributed by atoms with Gasteiger partial charge in [0.25, 0.3) is 0 Å². The van der Waals surface area contributed by atoms with E-state index in [4.69, 9.17) is 14.2 Å². The van der Waals surface area contributed by atoms with Crippen molar-refractivity contribution >= 4 is 17.7 Å². The summed E-state index contributed by atoms with van der Waals surface area (Å²) in [5.74, 6) is 5.74. The number of carbonyl (C=O) groups excluding carboxylic acids is 3. The normalized spacial score (nSPS) is 23.6. The lowest BCUT2D eigenvalue weighted by Crippen LogP contribution is -2.22. The summed E-state index contributed by atoms with van der Waals surface area (Å²) in [4.78, 5) is 35.8. The molecule has 0 spiro atoms. The van der Waals surface area contributed by atoms with Crippen LogP contribution in [0.5, 0.6) is 5.75 Å². The number of hydrogen-bond acceptors (Lipinski definition) is 6. The molecular formula is C27H32O6. The van der Waals surface area contributed by atoms with Crippen molar-refractivity contribution in [1.29, 1.82) is 0 Å². The molecule has 1 aromatic carbocycles. The molecule has 1 aliphatic carbocycles. The molecule has 33 heavy (non-hydrogen) atoms. The van der Waals surface area contributed by atoms with Crippen molar-refractivity contribution in [3.63, 3.8) is 0 Å². The van der Waals surface area contributed by atoms with Crippen LogP contribution in [0, 0.1) is 23.7 Å². The number of carbonyl (C=O) groups is 3. The summed E-state index contributed by atoms with van der Waals surface area (Å²) in [7, 11) is 1.39. The Bertz CT molecular complexity index is 982. The molecule has 0 amide bonds. The van der Waals surface area contributed by atoms with Crippen molar-refractivity contribution < 1.29 is 28.6 Å². The van der Waals surface area contributed by atoms with Gasteiger partial charge in [-0.15, -0.1) is 11.8 Å². The topological polar surface area (TPSA) is 78.9 Å². The minimum atomic E-state index is -0.344. The van der Waals surface area contributed by atoms with Crippen molar-refractivity contribution in [3.8, 4) is 17.6 Å². The molecule has 176 valence electrons. The van der Waals surface area contributed by atoms with E-state index in [-0.39, 0.29) is 47.7 Å². The predicted octanol–water partition coefficient (Wildman–Crippen LogP) is 4.15. The molecule has 1 aliphatic heterocycles. The summed E-state index contributed by atoms with van der Waals surface area (Å²) in [5, 5.41) is 0. The van der Waals surface area contributed by atoms with Gasteiger partial charge in [-0.1, -0.05) is 31.2 Å². The number of rotatable bonds is 9. The first-order chi connectivity index (χ1) is 15.8. The SMILES string of the molecule is CC#CCC(C)C(=O)/C=C/[C@@H]1[C@H]2c3cccc(CCCC(=O)OC)c3O[C@H]2C[C@H]1OC(C)=O. The van der Waals surface area contributed by atoms with Gasteiger partial charge in [-0.3, -0.25) is 14.4 Å². The Balaban J connectivity index is 1.82. The van der Waals surface area contributed by atoms with Crippen LogP contribution >= 0.6 is 0 Å². The molecular weight excluding hydrogens is 420 g/mol. The molecule has 6 nitrogen and oxygen atoms in total. The molecule has 6 heteroatoms. The summed E-state index contributed by atoms with van der Waals surface area (Å²) < 4.78 is 16.7. The van der Waals surface area contributed by atoms with Crippen LogP contribution in [0.15, 0.2) is 30.4 Å². The highest BCUT2D eigenvalue weighted by Gasteiger charge is 2.50. The molecule has 3 rings (SSSR count). The van der Waals surface area contributed by atoms with E-state index in [1.165, 1.54) is 14.0 Å². The van der Waals surface area contributed by atoms with Gasteiger partial charge < -0.3 is 14.2 Å². The lowest BCUT2D eigenvalue weighted by molar-refractivity contribution is -0.147. The Morgan fingerprint density at radius 2 is 2.09 bits per heavy atom. The van der Waals surface area contributed by atoms with Crippen LogP contribution < -0.4 is 4.74 Å². The van der Waals surface area contributed by atoms with Crippen LogP contribution in [0.2, 0.25) is 0 Å². The van der Waals surface area contributed by atoms with Gasteiger partial charge in [0.2, 0.25) is 0 Å². The predicted molar refractivity (Wildman–Crippen MR) is 124 cm³/mol. The maximum absolute atomic E-state index is 12.6. The highest BCUT2D eigenvalue weighted by molar-refractivity contribution is 5.91. The van der Waals surface area contributed by atoms with Crippen LogP contribution in [0.25, 0.3) is 0 Å². The van der Waals surface area contributed by atoms with Gasteiger partial charge in [0, 0.05) is 49.5 Å². The maximum Gasteiger partial charge on any atom is 0.305 e. The molecule has 0 aromatic heterocycles. The summed E-state index contributed by atoms with van der Waals surface area (Å²) in [6.45, 7) is 5.03. The summed E-state index contributed by atoms with van der Waals surface area (Å²) in [5.41, 5.74) is 2.12. The number of hydrogen-bond donors (Lipinski definition) is 0. The van der Waals surface area contributed by atoms with E-state index in [0.29, 0.717) is 32.1 Å². The molecule has 1 saturated carbocycles. The average Bonchev–Trinajstić information content (AvgIpc) is 3.31. The number of ether oxygens (including phenoxy) is 3. The molecule has 1 fully saturated rings. The van der Waals surface area contributed by atoms with Gasteiger partial charge in [-0.05, 0) is 31.4 Å². The van der Waals surface area contributed by atoms with E-state index in [1.54, 1.807) is 13.0 Å². The number of para-hydroxylation sites is 1. The number of esters is 2. The van der Waals surface area contributed by atoms with E-state index in [9.17, 15) is 14.4 Å². The van der Waals surface area contributed by atoms with Crippen molar-refractivity contribution in [2.75, 3.05) is 7.11 Å². The van der Waals surface area contributed by atoms with Crippen LogP contribution in [-0.2, 0) is 30.3 Å². The van der Waals surface area contributed by atoms with E-state index < -0.39 is 0 Å². The zero-order chi connectivity index (χ0) is 24.0. The van der Waals surface area contributed by atoms with Crippen LogP contribution in [-0.4, -0.2) is 37.0 Å². The van der Waals surface area contributed by atoms with E-state index in [2.05, 4.69) is 11.8 Å². The van der Waals surface area contributed by atoms with Crippen molar-refractivity contribution in [2.24, 2.45) is 11.8 Å². The maximum atomic E-state index is 12.6. The van der Waals surface area contributed by atoms with Crippen molar-refractivity contribution in [3.05, 3.63) is 41.5 Å². The Morgan fingerprint density at radius 3 is 2.79 bits per heavy atom. The zero-order valence-electron chi connectivity index (χ0n) is 19.8. The largest absolute Gasteiger partial charge is 0.489 e. The number of allylic oxidation sites excluding steroid dienone is 1. The van der Waals surface area contributed by atoms with Crippen LogP contribution in [0.4, 0.5) is 0 Å². The summed E-state index contributed by atoms with van der Waals surface area (Å²) in [6, 6.07) is 6.06. The van der Waals surface area contributed by atoms with E-state index in [0.717, 1.165) is 16.9 Å². The Kier molecular flexibility index (Phi) is 8.32. The van der Waals surface area contributed by atoms with Gasteiger partial charge >= 0.3 is 11.9 Å². The fourth-order valence-electron chi connectivity index (χ4n) is 4.73. The van der Waals surface area contributed by atoms with E-state index in [1.807, 2.05) is 31.2 Å². The molecule has 1 heterocycles. The third kappa shape index (κ3) is 5.84. The lowest BCUT2D eigenvalue weighted by Gasteiger charge is -2.21. The van der Waals surface area contributed by atoms with Gasteiger partial charge in [0.1, 0.15) is 18.0 Å². The van der Waals surface area contributed by atoms with Crippen LogP contribution in [0.1, 0.15) is 63.5 Å². The van der Waals surface area contributed by atoms with Crippen molar-refractivity contribution in [2.45, 2.75) is 71.0 Å². The molecule has 0 saturated heterocycles. The minimum absolute atomic E-state index is 0.000281. The fourth-order valence-corrected chi connectivity index (χ4v) is 4.73. The Labute approximate surface area is 195 Å². The highest BCUT2D eigenvalue weighted by Crippen LogP contribution is 2.52. The number of ketones is 1. The van der Waals surface area contributed by atoms with Crippen LogP contribution in [0.3, 0.4) is 0 Å². The van der Waals surface area contributed by atoms with Gasteiger partial charge in [0.05, 0.1) is 7.11 Å². The van der Waals surface area contributed by atoms with Gasteiger partial charge in [0.15, 0.2) is 5.78 Å². The first-order valence-electron chi connectivity index (χ1n) is 11.5. The monoisotopic (exact) mass is 452 g/mol. The standard InChI is InChI=1S/C27H32O6/c1-5-6-9-17(2)22(29)15-14-20-23(32-18(3)28)16-24-26(20)21-12-7-10-19(27(21)33-24)11-8-13-25(30)31-4/h7,10,12,14-15,17,20,23-24,26H,8-9,11,13,16H2,1-4H3/b15-14+/t17?,20-,23+,24-,26-/m0/s1. The molecule has 2 aliphatic rings. The number of fused-ring (bicyclic) bond motifs is 3. The third-order valence-electron chi connectivity index (χ3n) is 6.39. The second-order valence-electron chi connectivity index (χ2n) is 8.70. The molecule has 0 bridgehead atoms. The smallest absolute Gasteiger partial charge is 0.305 e. The number of aryl methyl sites for hydroxylation is 1. The first-order valence-corrected chi connectivity index (χ1v) is 11.5. The third-order valence-corrected chi connectivity index (χ3v) is 6.39. The Morgan fingerprint density at radius 1 is 1.30 bits per heavy atom. The zero-order valence-corrected chi connectivity index (χ0v) is 19.8. The summed E-state index contributed by atoms with van der Waals surface area (Å²) >= 11 is 0. The minimum Gasteiger partial charge on any atom is -0.489 e. The summed E-state index contributed by atoms with van der Waals surface area (Å²) in [6.07, 6.45) is 5.86. The quantitative estimate of drug-likeness (QED) is 0.318. The molecule has 0 radical (unpaired) electrons. The number of methoxy groups -OCH3 is 1. The highest BCUT2D eigenvalue weighted by atomic mass is 16.5. The van der Waals surface area contributed by atoms with E-state index >= 15 is 0 Å². The number of benzene rings is 1. The molecule has 5 atom stereocenters. The molecule has 1 aromatic rings. The van der Waals surface area contributed by atoms with Crippen molar-refractivity contribution in [1.82, 2.24) is 0 Å². The lowest BCUT2D eigenvalue weighted by atomic mass is 9.86. The second kappa shape index (κ2) is 11.2. The Hall–Kier alpha value is -3.07. The average molecular weight is 453 g/mol. The first kappa shape index (κ1) is 24.6. The fraction of sp³-hybridized carbons (Fsp3) is 0.519. The molecule has 0 N–H and O–H groups in total. The molecule has 1 unspecified atom stereocenters. The van der Waals surface area contributed by atoms with Gasteiger partial charge in [-0.25, -0.2) is 0 Å². The van der Waals surface area contributed by atoms with Gasteiger partial charge in [-0.2, -0.15) is 0 Å². The second-order valence-corrected chi connectivity index (χ2v) is 8.70.